The molecule has 0 aliphatic heterocycles. The van der Waals surface area contributed by atoms with Crippen LogP contribution >= 0.6 is 0 Å². The van der Waals surface area contributed by atoms with E-state index in [2.05, 4.69) is 20.8 Å². The first kappa shape index (κ1) is 9.01. The van der Waals surface area contributed by atoms with Gasteiger partial charge in [-0.3, -0.25) is 0 Å². The van der Waals surface area contributed by atoms with Crippen LogP contribution in [0.4, 0.5) is 0 Å². The van der Waals surface area contributed by atoms with Gasteiger partial charge in [0, 0.05) is 12.1 Å². The van der Waals surface area contributed by atoms with Crippen molar-refractivity contribution in [1.29, 1.82) is 0 Å². The lowest BCUT2D eigenvalue weighted by Gasteiger charge is -2.40. The molecule has 0 bridgehead atoms. The molecule has 0 radical (unpaired) electrons. The lowest BCUT2D eigenvalue weighted by molar-refractivity contribution is 0.156. The van der Waals surface area contributed by atoms with E-state index in [0.29, 0.717) is 29.8 Å². The zero-order chi connectivity index (χ0) is 8.59. The van der Waals surface area contributed by atoms with E-state index in [4.69, 9.17) is 11.5 Å². The summed E-state index contributed by atoms with van der Waals surface area (Å²) in [6.45, 7) is 6.62. The van der Waals surface area contributed by atoms with Crippen molar-refractivity contribution in [3.05, 3.63) is 0 Å². The molecule has 2 nitrogen and oxygen atoms in total. The molecule has 1 fully saturated rings. The third kappa shape index (κ3) is 1.57. The predicted molar refractivity (Wildman–Crippen MR) is 48.1 cm³/mol. The molecule has 0 saturated heterocycles. The highest BCUT2D eigenvalue weighted by molar-refractivity contribution is 4.90. The maximum Gasteiger partial charge on any atom is 0.00940 e. The number of rotatable bonds is 0. The van der Waals surface area contributed by atoms with Gasteiger partial charge in [-0.15, -0.1) is 0 Å². The minimum Gasteiger partial charge on any atom is -0.327 e. The van der Waals surface area contributed by atoms with Crippen molar-refractivity contribution in [2.24, 2.45) is 29.2 Å². The van der Waals surface area contributed by atoms with E-state index >= 15 is 0 Å². The molecule has 5 unspecified atom stereocenters. The molecule has 2 heteroatoms. The van der Waals surface area contributed by atoms with Crippen LogP contribution in [0.1, 0.15) is 27.2 Å². The summed E-state index contributed by atoms with van der Waals surface area (Å²) in [4.78, 5) is 0. The van der Waals surface area contributed by atoms with Crippen molar-refractivity contribution in [3.8, 4) is 0 Å². The van der Waals surface area contributed by atoms with Gasteiger partial charge in [0.1, 0.15) is 0 Å². The number of nitrogens with two attached hydrogens (primary N) is 2. The fraction of sp³-hybridized carbons (Fsp3) is 1.00. The summed E-state index contributed by atoms with van der Waals surface area (Å²) in [6, 6.07) is 0.713. The van der Waals surface area contributed by atoms with E-state index in [1.54, 1.807) is 0 Å². The van der Waals surface area contributed by atoms with Gasteiger partial charge < -0.3 is 11.5 Å². The Bertz CT molecular complexity index is 122. The van der Waals surface area contributed by atoms with Crippen molar-refractivity contribution in [3.63, 3.8) is 0 Å². The van der Waals surface area contributed by atoms with Gasteiger partial charge in [0.25, 0.3) is 0 Å². The van der Waals surface area contributed by atoms with Gasteiger partial charge in [0.15, 0.2) is 0 Å². The Kier molecular flexibility index (Phi) is 2.55. The average Bonchev–Trinajstić information content (AvgIpc) is 1.97. The molecule has 0 aromatic heterocycles. The Labute approximate surface area is 69.3 Å². The monoisotopic (exact) mass is 156 g/mol. The third-order valence-corrected chi connectivity index (χ3v) is 3.41. The van der Waals surface area contributed by atoms with Crippen LogP contribution in [0.25, 0.3) is 0 Å². The molecule has 0 spiro atoms. The SMILES string of the molecule is CC1CC(N)C(C)C(C)C1N. The second-order valence-corrected chi connectivity index (χ2v) is 4.17. The summed E-state index contributed by atoms with van der Waals surface area (Å²) in [7, 11) is 0. The molecular weight excluding hydrogens is 136 g/mol. The molecular formula is C9H20N2. The van der Waals surface area contributed by atoms with Crippen LogP contribution in [0.5, 0.6) is 0 Å². The van der Waals surface area contributed by atoms with E-state index < -0.39 is 0 Å². The van der Waals surface area contributed by atoms with Crippen LogP contribution < -0.4 is 11.5 Å². The standard InChI is InChI=1S/C9H20N2/c1-5-4-8(10)6(2)7(3)9(5)11/h5-9H,4,10-11H2,1-3H3. The van der Waals surface area contributed by atoms with Crippen LogP contribution in [0.3, 0.4) is 0 Å². The van der Waals surface area contributed by atoms with Crippen molar-refractivity contribution in [2.75, 3.05) is 0 Å². The molecule has 1 saturated carbocycles. The second-order valence-electron chi connectivity index (χ2n) is 4.17. The number of hydrogen-bond acceptors (Lipinski definition) is 2. The van der Waals surface area contributed by atoms with Gasteiger partial charge in [-0.2, -0.15) is 0 Å². The average molecular weight is 156 g/mol. The first-order chi connectivity index (χ1) is 5.04. The molecule has 0 aromatic carbocycles. The lowest BCUT2D eigenvalue weighted by atomic mass is 9.70. The second kappa shape index (κ2) is 3.11. The molecule has 1 aliphatic rings. The van der Waals surface area contributed by atoms with Gasteiger partial charge in [0.05, 0.1) is 0 Å². The first-order valence-electron chi connectivity index (χ1n) is 4.55. The minimum absolute atomic E-state index is 0.352. The summed E-state index contributed by atoms with van der Waals surface area (Å²) in [5.41, 5.74) is 12.0. The largest absolute Gasteiger partial charge is 0.327 e. The molecule has 11 heavy (non-hydrogen) atoms. The fourth-order valence-electron chi connectivity index (χ4n) is 2.06. The predicted octanol–water partition coefficient (Wildman–Crippen LogP) is 0.953. The highest BCUT2D eigenvalue weighted by Crippen LogP contribution is 2.31. The Morgan fingerprint density at radius 3 is 2.09 bits per heavy atom. The van der Waals surface area contributed by atoms with E-state index in [1.165, 1.54) is 0 Å². The van der Waals surface area contributed by atoms with Crippen LogP contribution in [0.15, 0.2) is 0 Å². The lowest BCUT2D eigenvalue weighted by Crippen LogP contribution is -2.50. The summed E-state index contributed by atoms with van der Waals surface area (Å²) >= 11 is 0. The molecule has 0 heterocycles. The molecule has 66 valence electrons. The Morgan fingerprint density at radius 2 is 1.55 bits per heavy atom. The zero-order valence-corrected chi connectivity index (χ0v) is 7.75. The van der Waals surface area contributed by atoms with Crippen molar-refractivity contribution in [1.82, 2.24) is 0 Å². The summed E-state index contributed by atoms with van der Waals surface area (Å²) < 4.78 is 0. The third-order valence-electron chi connectivity index (χ3n) is 3.41. The molecule has 5 atom stereocenters. The molecule has 1 rings (SSSR count). The van der Waals surface area contributed by atoms with Crippen molar-refractivity contribution >= 4 is 0 Å². The van der Waals surface area contributed by atoms with E-state index in [9.17, 15) is 0 Å². The van der Waals surface area contributed by atoms with Crippen LogP contribution in [-0.2, 0) is 0 Å². The van der Waals surface area contributed by atoms with Crippen LogP contribution in [0.2, 0.25) is 0 Å². The summed E-state index contributed by atoms with van der Waals surface area (Å²) in [6.07, 6.45) is 1.09. The quantitative estimate of drug-likeness (QED) is 0.548. The maximum atomic E-state index is 6.02. The van der Waals surface area contributed by atoms with E-state index in [0.717, 1.165) is 6.42 Å². The van der Waals surface area contributed by atoms with Crippen LogP contribution in [-0.4, -0.2) is 12.1 Å². The fourth-order valence-corrected chi connectivity index (χ4v) is 2.06. The van der Waals surface area contributed by atoms with Gasteiger partial charge in [-0.25, -0.2) is 0 Å². The van der Waals surface area contributed by atoms with Crippen molar-refractivity contribution < 1.29 is 0 Å². The topological polar surface area (TPSA) is 52.0 Å². The molecule has 0 amide bonds. The van der Waals surface area contributed by atoms with Gasteiger partial charge >= 0.3 is 0 Å². The van der Waals surface area contributed by atoms with E-state index in [-0.39, 0.29) is 0 Å². The Morgan fingerprint density at radius 1 is 1.00 bits per heavy atom. The van der Waals surface area contributed by atoms with Crippen LogP contribution in [0, 0.1) is 17.8 Å². The van der Waals surface area contributed by atoms with Gasteiger partial charge in [-0.05, 0) is 24.2 Å². The molecule has 4 N–H and O–H groups in total. The minimum atomic E-state index is 0.352. The number of hydrogen-bond donors (Lipinski definition) is 2. The zero-order valence-electron chi connectivity index (χ0n) is 7.75. The summed E-state index contributed by atoms with van der Waals surface area (Å²) in [5.74, 6) is 1.76. The Balaban J connectivity index is 2.63. The summed E-state index contributed by atoms with van der Waals surface area (Å²) in [5, 5.41) is 0. The van der Waals surface area contributed by atoms with E-state index in [1.807, 2.05) is 0 Å². The van der Waals surface area contributed by atoms with Gasteiger partial charge in [0.2, 0.25) is 0 Å². The van der Waals surface area contributed by atoms with Crippen molar-refractivity contribution in [2.45, 2.75) is 39.3 Å². The Hall–Kier alpha value is -0.0800. The normalized spacial score (nSPS) is 52.6. The smallest absolute Gasteiger partial charge is 0.00940 e. The highest BCUT2D eigenvalue weighted by atomic mass is 14.8. The molecule has 1 aliphatic carbocycles. The van der Waals surface area contributed by atoms with Gasteiger partial charge in [-0.1, -0.05) is 20.8 Å². The molecule has 0 aromatic rings. The first-order valence-corrected chi connectivity index (χ1v) is 4.55. The highest BCUT2D eigenvalue weighted by Gasteiger charge is 2.34. The maximum absolute atomic E-state index is 6.02.